The van der Waals surface area contributed by atoms with Crippen molar-refractivity contribution in [3.8, 4) is 28.4 Å². The van der Waals surface area contributed by atoms with E-state index in [0.29, 0.717) is 28.7 Å². The molecule has 2 N–H and O–H groups in total. The number of fused-ring (bicyclic) bond motifs is 3. The highest BCUT2D eigenvalue weighted by Crippen LogP contribution is 2.45. The molecule has 8 heteroatoms. The molecule has 0 saturated heterocycles. The van der Waals surface area contributed by atoms with Crippen LogP contribution in [0.25, 0.3) is 11.1 Å². The van der Waals surface area contributed by atoms with Gasteiger partial charge in [-0.3, -0.25) is 4.79 Å². The SMILES string of the molecule is CC.COc1ccc(C(NC(=O)OCC2c3ccccc3-c3ccccc32)c2ccc(OCC(=O)NC(c3ccc(C)cc3)c3ccc(C4CC4)cc3)cc2)c(OC)c1. The van der Waals surface area contributed by atoms with Crippen molar-refractivity contribution in [3.05, 3.63) is 184 Å². The number of benzene rings is 6. The Balaban J connectivity index is 0.00000260. The predicted molar refractivity (Wildman–Crippen MR) is 232 cm³/mol. The molecule has 0 radical (unpaired) electrons. The van der Waals surface area contributed by atoms with Crippen molar-refractivity contribution in [1.82, 2.24) is 10.6 Å². The van der Waals surface area contributed by atoms with E-state index in [4.69, 9.17) is 18.9 Å². The van der Waals surface area contributed by atoms with E-state index in [1.807, 2.05) is 69.3 Å². The molecule has 0 heterocycles. The fourth-order valence-electron chi connectivity index (χ4n) is 7.76. The minimum atomic E-state index is -0.638. The molecule has 0 aliphatic heterocycles. The lowest BCUT2D eigenvalue weighted by molar-refractivity contribution is -0.123. The summed E-state index contributed by atoms with van der Waals surface area (Å²) in [6.45, 7) is 6.06. The monoisotopic (exact) mass is 788 g/mol. The van der Waals surface area contributed by atoms with Crippen LogP contribution in [0, 0.1) is 6.92 Å². The summed E-state index contributed by atoms with van der Waals surface area (Å²) in [5.74, 6) is 2.01. The van der Waals surface area contributed by atoms with Crippen LogP contribution >= 0.6 is 0 Å². The number of hydrogen-bond acceptors (Lipinski definition) is 6. The Hall–Kier alpha value is -6.54. The second-order valence-electron chi connectivity index (χ2n) is 14.7. The molecular formula is C51H52N2O6. The summed E-state index contributed by atoms with van der Waals surface area (Å²) in [5.41, 5.74) is 10.6. The minimum absolute atomic E-state index is 0.0780. The molecule has 2 aliphatic carbocycles. The Kier molecular flexibility index (Phi) is 13.0. The van der Waals surface area contributed by atoms with Crippen LogP contribution in [0.4, 0.5) is 4.79 Å². The number of aryl methyl sites for hydroxylation is 1. The maximum Gasteiger partial charge on any atom is 0.407 e. The molecule has 0 aromatic heterocycles. The lowest BCUT2D eigenvalue weighted by Gasteiger charge is -2.23. The molecule has 302 valence electrons. The Labute approximate surface area is 347 Å². The maximum absolute atomic E-state index is 13.6. The zero-order valence-electron chi connectivity index (χ0n) is 34.4. The van der Waals surface area contributed by atoms with Crippen molar-refractivity contribution in [1.29, 1.82) is 0 Å². The van der Waals surface area contributed by atoms with Crippen molar-refractivity contribution in [2.24, 2.45) is 0 Å². The smallest absolute Gasteiger partial charge is 0.407 e. The zero-order chi connectivity index (χ0) is 41.3. The summed E-state index contributed by atoms with van der Waals surface area (Å²) in [4.78, 5) is 27.0. The van der Waals surface area contributed by atoms with Gasteiger partial charge in [-0.2, -0.15) is 0 Å². The summed E-state index contributed by atoms with van der Waals surface area (Å²) < 4.78 is 23.2. The van der Waals surface area contributed by atoms with Crippen LogP contribution in [0.5, 0.6) is 17.2 Å². The fraction of sp³-hybridized carbons (Fsp3) is 0.255. The van der Waals surface area contributed by atoms with Crippen LogP contribution < -0.4 is 24.8 Å². The first-order valence-electron chi connectivity index (χ1n) is 20.4. The molecule has 2 unspecified atom stereocenters. The molecule has 1 saturated carbocycles. The Morgan fingerprint density at radius 3 is 1.80 bits per heavy atom. The van der Waals surface area contributed by atoms with Crippen LogP contribution in [-0.4, -0.2) is 39.4 Å². The third-order valence-electron chi connectivity index (χ3n) is 11.0. The number of rotatable bonds is 14. The highest BCUT2D eigenvalue weighted by atomic mass is 16.5. The maximum atomic E-state index is 13.6. The van der Waals surface area contributed by atoms with Crippen LogP contribution in [0.15, 0.2) is 140 Å². The third-order valence-corrected chi connectivity index (χ3v) is 11.0. The first-order chi connectivity index (χ1) is 28.9. The topological polar surface area (TPSA) is 95.1 Å². The van der Waals surface area contributed by atoms with Gasteiger partial charge in [0.15, 0.2) is 6.61 Å². The largest absolute Gasteiger partial charge is 0.497 e. The molecule has 59 heavy (non-hydrogen) atoms. The van der Waals surface area contributed by atoms with E-state index in [0.717, 1.165) is 44.5 Å². The van der Waals surface area contributed by atoms with Gasteiger partial charge in [-0.15, -0.1) is 0 Å². The highest BCUT2D eigenvalue weighted by molar-refractivity contribution is 5.80. The molecule has 8 nitrogen and oxygen atoms in total. The lowest BCUT2D eigenvalue weighted by atomic mass is 9.96. The Bertz CT molecular complexity index is 2310. The van der Waals surface area contributed by atoms with Gasteiger partial charge in [0.05, 0.1) is 26.3 Å². The van der Waals surface area contributed by atoms with E-state index in [-0.39, 0.29) is 31.1 Å². The van der Waals surface area contributed by atoms with Crippen LogP contribution in [0.3, 0.4) is 0 Å². The quantitative estimate of drug-likeness (QED) is 0.114. The van der Waals surface area contributed by atoms with Crippen molar-refractivity contribution in [3.63, 3.8) is 0 Å². The molecule has 6 aromatic carbocycles. The Morgan fingerprint density at radius 2 is 1.20 bits per heavy atom. The number of carbonyl (C=O) groups excluding carboxylic acids is 2. The van der Waals surface area contributed by atoms with E-state index in [2.05, 4.69) is 83.4 Å². The lowest BCUT2D eigenvalue weighted by Crippen LogP contribution is -2.33. The van der Waals surface area contributed by atoms with E-state index in [9.17, 15) is 9.59 Å². The molecule has 2 atom stereocenters. The summed E-state index contributed by atoms with van der Waals surface area (Å²) in [5, 5.41) is 6.28. The van der Waals surface area contributed by atoms with Gasteiger partial charge < -0.3 is 29.6 Å². The average Bonchev–Trinajstić information content (AvgIpc) is 4.09. The number of hydrogen-bond donors (Lipinski definition) is 2. The Morgan fingerprint density at radius 1 is 0.644 bits per heavy atom. The molecule has 0 spiro atoms. The number of carbonyl (C=O) groups is 2. The average molecular weight is 789 g/mol. The van der Waals surface area contributed by atoms with E-state index in [1.165, 1.54) is 18.4 Å². The third kappa shape index (κ3) is 9.44. The molecule has 0 bridgehead atoms. The predicted octanol–water partition coefficient (Wildman–Crippen LogP) is 10.8. The molecule has 2 aliphatic rings. The second-order valence-corrected chi connectivity index (χ2v) is 14.7. The van der Waals surface area contributed by atoms with Gasteiger partial charge in [-0.1, -0.05) is 129 Å². The molecule has 6 aromatic rings. The van der Waals surface area contributed by atoms with Gasteiger partial charge in [0.25, 0.3) is 5.91 Å². The molecule has 8 rings (SSSR count). The van der Waals surface area contributed by atoms with E-state index >= 15 is 0 Å². The number of nitrogens with one attached hydrogen (secondary N) is 2. The van der Waals surface area contributed by atoms with Gasteiger partial charge in [0.2, 0.25) is 0 Å². The first-order valence-corrected chi connectivity index (χ1v) is 20.4. The van der Waals surface area contributed by atoms with E-state index in [1.54, 1.807) is 32.4 Å². The zero-order valence-corrected chi connectivity index (χ0v) is 34.4. The summed E-state index contributed by atoms with van der Waals surface area (Å²) in [6.07, 6.45) is 1.91. The number of methoxy groups -OCH3 is 2. The molecule has 1 fully saturated rings. The number of alkyl carbamates (subject to hydrolysis) is 1. The van der Waals surface area contributed by atoms with Crippen LogP contribution in [0.2, 0.25) is 0 Å². The van der Waals surface area contributed by atoms with Gasteiger partial charge in [-0.05, 0) is 94.5 Å². The van der Waals surface area contributed by atoms with Gasteiger partial charge in [0.1, 0.15) is 23.9 Å². The highest BCUT2D eigenvalue weighted by Gasteiger charge is 2.30. The van der Waals surface area contributed by atoms with Crippen molar-refractivity contribution in [2.45, 2.75) is 57.5 Å². The normalized spacial score (nSPS) is 13.7. The van der Waals surface area contributed by atoms with Gasteiger partial charge in [0, 0.05) is 17.5 Å². The van der Waals surface area contributed by atoms with Gasteiger partial charge >= 0.3 is 6.09 Å². The van der Waals surface area contributed by atoms with Gasteiger partial charge in [-0.25, -0.2) is 4.79 Å². The number of ether oxygens (including phenoxy) is 4. The van der Waals surface area contributed by atoms with Crippen LogP contribution in [0.1, 0.15) is 95.1 Å². The summed E-state index contributed by atoms with van der Waals surface area (Å²) in [6, 6.07) is 45.1. The molecule has 2 amide bonds. The summed E-state index contributed by atoms with van der Waals surface area (Å²) in [7, 11) is 3.17. The standard InChI is InChI=1S/C49H46N2O6.C2H6/c1-31-12-14-34(15-13-31)47(35-20-18-33(19-21-35)32-16-17-32)50-46(52)30-56-37-24-22-36(23-25-37)48(43-27-26-38(54-2)28-45(43)55-3)51-49(53)57-29-44-41-10-6-4-8-39(41)40-9-5-7-11-42(40)44;1-2/h4-15,18-28,32,44,47-48H,16-17,29-30H2,1-3H3,(H,50,52)(H,51,53);1-2H3. The van der Waals surface area contributed by atoms with Crippen molar-refractivity contribution < 1.29 is 28.5 Å². The number of amides is 2. The molecular weight excluding hydrogens is 737 g/mol. The van der Waals surface area contributed by atoms with Crippen molar-refractivity contribution >= 4 is 12.0 Å². The first kappa shape index (κ1) is 40.6. The van der Waals surface area contributed by atoms with E-state index < -0.39 is 12.1 Å². The van der Waals surface area contributed by atoms with Crippen molar-refractivity contribution in [2.75, 3.05) is 27.4 Å². The van der Waals surface area contributed by atoms with Crippen LogP contribution in [-0.2, 0) is 9.53 Å². The fourth-order valence-corrected chi connectivity index (χ4v) is 7.76. The minimum Gasteiger partial charge on any atom is -0.497 e. The summed E-state index contributed by atoms with van der Waals surface area (Å²) >= 11 is 0. The second kappa shape index (κ2) is 18.8.